The van der Waals surface area contributed by atoms with Crippen LogP contribution >= 0.6 is 11.6 Å². The Labute approximate surface area is 98.2 Å². The summed E-state index contributed by atoms with van der Waals surface area (Å²) in [5.74, 6) is 2.40. The fourth-order valence-electron chi connectivity index (χ4n) is 1.37. The van der Waals surface area contributed by atoms with Crippen LogP contribution in [0.4, 0.5) is 0 Å². The van der Waals surface area contributed by atoms with E-state index in [0.29, 0.717) is 0 Å². The van der Waals surface area contributed by atoms with Crippen molar-refractivity contribution in [1.29, 1.82) is 0 Å². The molecule has 0 spiro atoms. The molecular formula is C11H16ClO2S+. The average molecular weight is 248 g/mol. The van der Waals surface area contributed by atoms with Crippen LogP contribution in [-0.4, -0.2) is 34.9 Å². The summed E-state index contributed by atoms with van der Waals surface area (Å²) in [7, 11) is 0.0576. The zero-order valence-corrected chi connectivity index (χ0v) is 10.1. The topological polar surface area (TPSA) is 40.5 Å². The summed E-state index contributed by atoms with van der Waals surface area (Å²) in [6, 6.07) is 7.75. The summed E-state index contributed by atoms with van der Waals surface area (Å²) in [5.41, 5.74) is 1.17. The molecule has 0 amide bonds. The highest BCUT2D eigenvalue weighted by Crippen LogP contribution is 2.14. The van der Waals surface area contributed by atoms with Crippen LogP contribution in [0.25, 0.3) is 0 Å². The van der Waals surface area contributed by atoms with Gasteiger partial charge in [-0.1, -0.05) is 23.7 Å². The van der Waals surface area contributed by atoms with E-state index in [-0.39, 0.29) is 24.1 Å². The van der Waals surface area contributed by atoms with Gasteiger partial charge in [-0.2, -0.15) is 0 Å². The summed E-state index contributed by atoms with van der Waals surface area (Å²) in [4.78, 5) is 0. The van der Waals surface area contributed by atoms with Gasteiger partial charge in [-0.05, 0) is 23.0 Å². The zero-order valence-electron chi connectivity index (χ0n) is 8.53. The fraction of sp³-hybridized carbons (Fsp3) is 0.455. The minimum Gasteiger partial charge on any atom is -0.391 e. The molecule has 0 aliphatic carbocycles. The number of hydrogen-bond donors (Lipinski definition) is 2. The molecule has 1 aromatic rings. The molecular weight excluding hydrogens is 232 g/mol. The summed E-state index contributed by atoms with van der Waals surface area (Å²) in [5, 5.41) is 18.5. The maximum atomic E-state index is 8.90. The van der Waals surface area contributed by atoms with Gasteiger partial charge in [0.25, 0.3) is 0 Å². The highest BCUT2D eigenvalue weighted by atomic mass is 35.5. The van der Waals surface area contributed by atoms with Gasteiger partial charge in [0.15, 0.2) is 0 Å². The first-order valence-electron chi connectivity index (χ1n) is 4.86. The van der Waals surface area contributed by atoms with E-state index in [1.807, 2.05) is 24.3 Å². The molecule has 2 nitrogen and oxygen atoms in total. The lowest BCUT2D eigenvalue weighted by Crippen LogP contribution is -2.19. The summed E-state index contributed by atoms with van der Waals surface area (Å²) in [6.07, 6.45) is 0. The van der Waals surface area contributed by atoms with E-state index < -0.39 is 0 Å². The van der Waals surface area contributed by atoms with Crippen molar-refractivity contribution in [1.82, 2.24) is 0 Å². The Kier molecular flexibility index (Phi) is 6.10. The van der Waals surface area contributed by atoms with Gasteiger partial charge in [-0.3, -0.25) is 0 Å². The van der Waals surface area contributed by atoms with Crippen LogP contribution in [-0.2, 0) is 16.6 Å². The van der Waals surface area contributed by atoms with Gasteiger partial charge in [-0.25, -0.2) is 0 Å². The molecule has 1 rings (SSSR count). The van der Waals surface area contributed by atoms with E-state index in [1.54, 1.807) is 0 Å². The predicted molar refractivity (Wildman–Crippen MR) is 66.4 cm³/mol. The van der Waals surface area contributed by atoms with Gasteiger partial charge in [0, 0.05) is 10.6 Å². The molecule has 0 atom stereocenters. The smallest absolute Gasteiger partial charge is 0.133 e. The number of benzene rings is 1. The Morgan fingerprint density at radius 2 is 1.80 bits per heavy atom. The molecule has 1 aromatic carbocycles. The number of hydrogen-bond acceptors (Lipinski definition) is 2. The summed E-state index contributed by atoms with van der Waals surface area (Å²) in [6.45, 7) is 0.368. The summed E-state index contributed by atoms with van der Waals surface area (Å²) < 4.78 is 0. The van der Waals surface area contributed by atoms with Crippen molar-refractivity contribution in [3.8, 4) is 0 Å². The van der Waals surface area contributed by atoms with Gasteiger partial charge in [0.2, 0.25) is 0 Å². The molecule has 0 aromatic heterocycles. The highest BCUT2D eigenvalue weighted by Gasteiger charge is 2.17. The molecule has 0 fully saturated rings. The Hall–Kier alpha value is -0.220. The van der Waals surface area contributed by atoms with Crippen molar-refractivity contribution in [2.75, 3.05) is 24.7 Å². The van der Waals surface area contributed by atoms with E-state index in [1.165, 1.54) is 5.56 Å². The van der Waals surface area contributed by atoms with Gasteiger partial charge in [-0.15, -0.1) is 0 Å². The van der Waals surface area contributed by atoms with Crippen LogP contribution in [0.3, 0.4) is 0 Å². The fourth-order valence-corrected chi connectivity index (χ4v) is 3.24. The lowest BCUT2D eigenvalue weighted by molar-refractivity contribution is 0.316. The quantitative estimate of drug-likeness (QED) is 0.747. The van der Waals surface area contributed by atoms with Crippen LogP contribution in [0.5, 0.6) is 0 Å². The molecule has 0 heterocycles. The Morgan fingerprint density at radius 1 is 1.13 bits per heavy atom. The van der Waals surface area contributed by atoms with Crippen molar-refractivity contribution < 1.29 is 10.2 Å². The number of halogens is 1. The van der Waals surface area contributed by atoms with Crippen molar-refractivity contribution in [3.05, 3.63) is 34.9 Å². The standard InChI is InChI=1S/C11H16ClO2S/c12-11-3-1-2-10(8-11)9-15(6-4-13)7-5-14/h1-3,8,13-14H,4-7,9H2/q+1. The molecule has 0 aliphatic heterocycles. The first kappa shape index (κ1) is 12.8. The lowest BCUT2D eigenvalue weighted by atomic mass is 10.2. The van der Waals surface area contributed by atoms with Crippen molar-refractivity contribution >= 4 is 22.5 Å². The molecule has 0 saturated heterocycles. The Morgan fingerprint density at radius 3 is 2.33 bits per heavy atom. The van der Waals surface area contributed by atoms with E-state index in [2.05, 4.69) is 0 Å². The third-order valence-corrected chi connectivity index (χ3v) is 4.52. The number of aliphatic hydroxyl groups excluding tert-OH is 2. The third-order valence-electron chi connectivity index (χ3n) is 2.02. The Bertz CT molecular complexity index is 288. The minimum absolute atomic E-state index is 0.0576. The largest absolute Gasteiger partial charge is 0.391 e. The van der Waals surface area contributed by atoms with E-state index in [4.69, 9.17) is 21.8 Å². The monoisotopic (exact) mass is 247 g/mol. The summed E-state index contributed by atoms with van der Waals surface area (Å²) >= 11 is 5.89. The maximum absolute atomic E-state index is 8.90. The van der Waals surface area contributed by atoms with E-state index in [0.717, 1.165) is 22.3 Å². The molecule has 0 aliphatic rings. The van der Waals surface area contributed by atoms with Gasteiger partial charge in [0.05, 0.1) is 13.2 Å². The Balaban J connectivity index is 2.56. The second-order valence-electron chi connectivity index (χ2n) is 3.24. The molecule has 15 heavy (non-hydrogen) atoms. The second kappa shape index (κ2) is 7.12. The molecule has 0 unspecified atom stereocenters. The van der Waals surface area contributed by atoms with Crippen LogP contribution in [0.1, 0.15) is 5.56 Å². The average Bonchev–Trinajstić information content (AvgIpc) is 2.18. The van der Waals surface area contributed by atoms with Crippen LogP contribution in [0.15, 0.2) is 24.3 Å². The van der Waals surface area contributed by atoms with Crippen molar-refractivity contribution in [2.24, 2.45) is 0 Å². The number of aliphatic hydroxyl groups is 2. The molecule has 0 radical (unpaired) electrons. The molecule has 4 heteroatoms. The van der Waals surface area contributed by atoms with Crippen molar-refractivity contribution in [3.63, 3.8) is 0 Å². The first-order valence-corrected chi connectivity index (χ1v) is 6.97. The van der Waals surface area contributed by atoms with E-state index in [9.17, 15) is 0 Å². The van der Waals surface area contributed by atoms with Gasteiger partial charge < -0.3 is 10.2 Å². The SMILES string of the molecule is OCC[S+](CCO)Cc1cccc(Cl)c1. The normalized spacial score (nSPS) is 10.9. The van der Waals surface area contributed by atoms with Crippen LogP contribution < -0.4 is 0 Å². The molecule has 84 valence electrons. The molecule has 0 bridgehead atoms. The van der Waals surface area contributed by atoms with Gasteiger partial charge >= 0.3 is 0 Å². The minimum atomic E-state index is 0.0576. The maximum Gasteiger partial charge on any atom is 0.133 e. The third kappa shape index (κ3) is 4.89. The first-order chi connectivity index (χ1) is 7.26. The lowest BCUT2D eigenvalue weighted by Gasteiger charge is -2.06. The zero-order chi connectivity index (χ0) is 11.1. The second-order valence-corrected chi connectivity index (χ2v) is 6.01. The van der Waals surface area contributed by atoms with Crippen molar-refractivity contribution in [2.45, 2.75) is 5.75 Å². The number of rotatable bonds is 6. The molecule has 0 saturated carbocycles. The van der Waals surface area contributed by atoms with Gasteiger partial charge in [0.1, 0.15) is 17.3 Å². The van der Waals surface area contributed by atoms with Crippen LogP contribution in [0.2, 0.25) is 5.02 Å². The van der Waals surface area contributed by atoms with Crippen LogP contribution in [0, 0.1) is 0 Å². The van der Waals surface area contributed by atoms with E-state index >= 15 is 0 Å². The predicted octanol–water partition coefficient (Wildman–Crippen LogP) is 1.44. The molecule has 2 N–H and O–H groups in total. The highest BCUT2D eigenvalue weighted by molar-refractivity contribution is 7.96.